The van der Waals surface area contributed by atoms with Crippen LogP contribution in [0.3, 0.4) is 0 Å². The molecule has 0 aliphatic carbocycles. The SMILES string of the molecule is O=c1c2c(CO)c(-c3ccc(F)cc3)nn2ccn1Cc1nc(-c2cnccn2)no1. The van der Waals surface area contributed by atoms with Crippen molar-refractivity contribution in [2.75, 3.05) is 0 Å². The standard InChI is InChI=1S/C20H14FN7O3/c21-13-3-1-12(2-4-13)17-14(11-29)18-20(30)27(7-8-28(18)25-17)10-16-24-19(26-31-16)15-9-22-5-6-23-15/h1-9,29H,10-11H2. The first-order chi connectivity index (χ1) is 15.1. The quantitative estimate of drug-likeness (QED) is 0.456. The van der Waals surface area contributed by atoms with E-state index >= 15 is 0 Å². The van der Waals surface area contributed by atoms with Crippen molar-refractivity contribution >= 4 is 5.52 Å². The van der Waals surface area contributed by atoms with Crippen LogP contribution in [0.25, 0.3) is 28.3 Å². The van der Waals surface area contributed by atoms with E-state index in [2.05, 4.69) is 25.2 Å². The molecule has 0 amide bonds. The molecule has 10 nitrogen and oxygen atoms in total. The molecule has 0 saturated heterocycles. The molecule has 11 heteroatoms. The van der Waals surface area contributed by atoms with E-state index in [9.17, 15) is 14.3 Å². The number of hydrogen-bond donors (Lipinski definition) is 1. The zero-order valence-corrected chi connectivity index (χ0v) is 15.9. The van der Waals surface area contributed by atoms with Crippen LogP contribution in [0.2, 0.25) is 0 Å². The van der Waals surface area contributed by atoms with Gasteiger partial charge in [-0.05, 0) is 24.3 Å². The topological polar surface area (TPSA) is 124 Å². The summed E-state index contributed by atoms with van der Waals surface area (Å²) in [5.74, 6) is 0.0768. The third-order valence-corrected chi connectivity index (χ3v) is 4.70. The molecule has 0 atom stereocenters. The van der Waals surface area contributed by atoms with Crippen LogP contribution in [0.4, 0.5) is 4.39 Å². The molecule has 0 saturated carbocycles. The van der Waals surface area contributed by atoms with Crippen molar-refractivity contribution in [2.24, 2.45) is 0 Å². The first kappa shape index (κ1) is 18.8. The van der Waals surface area contributed by atoms with Crippen LogP contribution in [0, 0.1) is 5.82 Å². The first-order valence-electron chi connectivity index (χ1n) is 9.20. The van der Waals surface area contributed by atoms with Gasteiger partial charge in [0.05, 0.1) is 18.5 Å². The number of fused-ring (bicyclic) bond motifs is 1. The van der Waals surface area contributed by atoms with Crippen molar-refractivity contribution in [3.63, 3.8) is 0 Å². The van der Waals surface area contributed by atoms with Crippen molar-refractivity contribution in [2.45, 2.75) is 13.2 Å². The molecule has 0 unspecified atom stereocenters. The van der Waals surface area contributed by atoms with Crippen LogP contribution < -0.4 is 5.56 Å². The van der Waals surface area contributed by atoms with Gasteiger partial charge in [0.15, 0.2) is 0 Å². The summed E-state index contributed by atoms with van der Waals surface area (Å²) in [6, 6.07) is 5.68. The largest absolute Gasteiger partial charge is 0.392 e. The van der Waals surface area contributed by atoms with E-state index in [1.54, 1.807) is 18.3 Å². The minimum absolute atomic E-state index is 0.0184. The highest BCUT2D eigenvalue weighted by Crippen LogP contribution is 2.25. The Morgan fingerprint density at radius 2 is 1.97 bits per heavy atom. The van der Waals surface area contributed by atoms with Gasteiger partial charge in [0.1, 0.15) is 23.6 Å². The van der Waals surface area contributed by atoms with Crippen molar-refractivity contribution in [1.29, 1.82) is 0 Å². The number of halogens is 1. The van der Waals surface area contributed by atoms with Crippen molar-refractivity contribution in [3.8, 4) is 22.8 Å². The molecule has 0 spiro atoms. The third-order valence-electron chi connectivity index (χ3n) is 4.70. The normalized spacial score (nSPS) is 11.3. The van der Waals surface area contributed by atoms with Gasteiger partial charge in [-0.2, -0.15) is 10.1 Å². The lowest BCUT2D eigenvalue weighted by molar-refractivity contribution is 0.283. The van der Waals surface area contributed by atoms with Crippen LogP contribution in [0.1, 0.15) is 11.5 Å². The number of nitrogens with zero attached hydrogens (tertiary/aromatic N) is 7. The van der Waals surface area contributed by atoms with Gasteiger partial charge in [-0.15, -0.1) is 0 Å². The van der Waals surface area contributed by atoms with E-state index in [0.29, 0.717) is 22.5 Å². The predicted molar refractivity (Wildman–Crippen MR) is 105 cm³/mol. The van der Waals surface area contributed by atoms with E-state index in [1.165, 1.54) is 46.0 Å². The van der Waals surface area contributed by atoms with Crippen LogP contribution in [-0.4, -0.2) is 39.4 Å². The number of hydrogen-bond acceptors (Lipinski definition) is 8. The smallest absolute Gasteiger partial charge is 0.277 e. The minimum atomic E-state index is -0.410. The zero-order chi connectivity index (χ0) is 21.4. The van der Waals surface area contributed by atoms with Crippen molar-refractivity contribution in [3.05, 3.63) is 82.9 Å². The van der Waals surface area contributed by atoms with E-state index in [4.69, 9.17) is 4.52 Å². The number of benzene rings is 1. The second kappa shape index (κ2) is 7.54. The molecular formula is C20H14FN7O3. The maximum absolute atomic E-state index is 13.3. The van der Waals surface area contributed by atoms with Crippen LogP contribution in [0.5, 0.6) is 0 Å². The lowest BCUT2D eigenvalue weighted by atomic mass is 10.1. The molecule has 0 aliphatic heterocycles. The summed E-state index contributed by atoms with van der Waals surface area (Å²) in [6.45, 7) is -0.391. The Labute approximate surface area is 173 Å². The molecule has 4 aromatic heterocycles. The zero-order valence-electron chi connectivity index (χ0n) is 15.9. The summed E-state index contributed by atoms with van der Waals surface area (Å²) < 4.78 is 21.3. The van der Waals surface area contributed by atoms with Crippen LogP contribution in [-0.2, 0) is 13.2 Å². The highest BCUT2D eigenvalue weighted by molar-refractivity contribution is 5.72. The fraction of sp³-hybridized carbons (Fsp3) is 0.100. The van der Waals surface area contributed by atoms with Gasteiger partial charge in [-0.1, -0.05) is 5.16 Å². The lowest BCUT2D eigenvalue weighted by Crippen LogP contribution is -2.22. The average molecular weight is 419 g/mol. The number of rotatable bonds is 5. The first-order valence-corrected chi connectivity index (χ1v) is 9.20. The molecule has 1 aromatic carbocycles. The highest BCUT2D eigenvalue weighted by Gasteiger charge is 2.19. The van der Waals surface area contributed by atoms with Gasteiger partial charge in [-0.25, -0.2) is 13.9 Å². The number of aliphatic hydroxyl groups excluding tert-OH is 1. The Hall–Kier alpha value is -4.25. The van der Waals surface area contributed by atoms with Crippen LogP contribution in [0.15, 0.2) is 64.6 Å². The summed E-state index contributed by atoms with van der Waals surface area (Å²) >= 11 is 0. The fourth-order valence-electron chi connectivity index (χ4n) is 3.25. The third kappa shape index (κ3) is 3.36. The molecule has 0 fully saturated rings. The molecule has 31 heavy (non-hydrogen) atoms. The Bertz CT molecular complexity index is 1430. The highest BCUT2D eigenvalue weighted by atomic mass is 19.1. The van der Waals surface area contributed by atoms with Crippen molar-refractivity contribution in [1.82, 2.24) is 34.3 Å². The maximum atomic E-state index is 13.3. The lowest BCUT2D eigenvalue weighted by Gasteiger charge is -2.03. The second-order valence-electron chi connectivity index (χ2n) is 6.62. The van der Waals surface area contributed by atoms with E-state index < -0.39 is 12.2 Å². The Kier molecular flexibility index (Phi) is 4.56. The van der Waals surface area contributed by atoms with Gasteiger partial charge < -0.3 is 14.2 Å². The molecule has 5 rings (SSSR count). The molecule has 154 valence electrons. The average Bonchev–Trinajstić information content (AvgIpc) is 3.42. The van der Waals surface area contributed by atoms with Gasteiger partial charge in [0, 0.05) is 35.9 Å². The van der Waals surface area contributed by atoms with Gasteiger partial charge in [0.25, 0.3) is 5.56 Å². The summed E-state index contributed by atoms with van der Waals surface area (Å²) in [4.78, 5) is 25.4. The second-order valence-corrected chi connectivity index (χ2v) is 6.62. The monoisotopic (exact) mass is 419 g/mol. The minimum Gasteiger partial charge on any atom is -0.392 e. The van der Waals surface area contributed by atoms with Gasteiger partial charge in [-0.3, -0.25) is 9.78 Å². The van der Waals surface area contributed by atoms with Gasteiger partial charge in [0.2, 0.25) is 11.7 Å². The Morgan fingerprint density at radius 3 is 2.71 bits per heavy atom. The van der Waals surface area contributed by atoms with E-state index in [1.807, 2.05) is 0 Å². The number of aromatic nitrogens is 7. The maximum Gasteiger partial charge on any atom is 0.277 e. The Morgan fingerprint density at radius 1 is 1.13 bits per heavy atom. The van der Waals surface area contributed by atoms with E-state index in [-0.39, 0.29) is 29.6 Å². The Balaban J connectivity index is 1.54. The molecule has 0 bridgehead atoms. The summed E-state index contributed by atoms with van der Waals surface area (Å²) in [6.07, 6.45) is 7.67. The molecule has 0 aliphatic rings. The number of aliphatic hydroxyl groups is 1. The van der Waals surface area contributed by atoms with Gasteiger partial charge >= 0.3 is 0 Å². The summed E-state index contributed by atoms with van der Waals surface area (Å²) in [5.41, 5.74) is 1.59. The fourth-order valence-corrected chi connectivity index (χ4v) is 3.25. The molecule has 0 radical (unpaired) electrons. The molecule has 4 heterocycles. The van der Waals surface area contributed by atoms with Crippen LogP contribution >= 0.6 is 0 Å². The molecule has 5 aromatic rings. The summed E-state index contributed by atoms with van der Waals surface area (Å²) in [7, 11) is 0. The van der Waals surface area contributed by atoms with E-state index in [0.717, 1.165) is 0 Å². The van der Waals surface area contributed by atoms with Crippen molar-refractivity contribution < 1.29 is 14.0 Å². The molecule has 1 N–H and O–H groups in total. The summed E-state index contributed by atoms with van der Waals surface area (Å²) in [5, 5.41) is 18.2. The predicted octanol–water partition coefficient (Wildman–Crippen LogP) is 1.68. The molecular weight excluding hydrogens is 405 g/mol.